The summed E-state index contributed by atoms with van der Waals surface area (Å²) in [5.74, 6) is 0.756. The molecular weight excluding hydrogens is 461 g/mol. The van der Waals surface area contributed by atoms with Gasteiger partial charge in [-0.05, 0) is 43.0 Å². The molecule has 2 fully saturated rings. The highest BCUT2D eigenvalue weighted by Gasteiger charge is 2.49. The van der Waals surface area contributed by atoms with E-state index in [1.807, 2.05) is 12.4 Å². The molecule has 0 bridgehead atoms. The maximum atomic E-state index is 12.8. The summed E-state index contributed by atoms with van der Waals surface area (Å²) in [6, 6.07) is 10.4. The number of halogens is 3. The Morgan fingerprint density at radius 3 is 2.71 bits per heavy atom. The molecule has 176 valence electrons. The van der Waals surface area contributed by atoms with Crippen LogP contribution in [0, 0.1) is 5.41 Å². The Bertz CT molecular complexity index is 1290. The topological polar surface area (TPSA) is 69.7 Å². The molecule has 34 heavy (non-hydrogen) atoms. The van der Waals surface area contributed by atoms with Crippen molar-refractivity contribution < 1.29 is 13.2 Å². The normalized spacial score (nSPS) is 19.6. The Morgan fingerprint density at radius 1 is 1.15 bits per heavy atom. The minimum atomic E-state index is -4.22. The van der Waals surface area contributed by atoms with Crippen molar-refractivity contribution in [3.05, 3.63) is 53.9 Å². The number of aromatic amines is 1. The molecular formula is C24H23F3N6S. The smallest absolute Gasteiger partial charge is 0.382 e. The molecule has 6 nitrogen and oxygen atoms in total. The van der Waals surface area contributed by atoms with E-state index in [9.17, 15) is 13.2 Å². The number of nitrogens with one attached hydrogen (secondary N) is 2. The van der Waals surface area contributed by atoms with Gasteiger partial charge in [0.2, 0.25) is 0 Å². The summed E-state index contributed by atoms with van der Waals surface area (Å²) in [4.78, 5) is 11.7. The van der Waals surface area contributed by atoms with E-state index in [1.54, 1.807) is 6.07 Å². The first-order valence-electron chi connectivity index (χ1n) is 11.3. The van der Waals surface area contributed by atoms with Gasteiger partial charge in [0.25, 0.3) is 0 Å². The number of rotatable bonds is 5. The van der Waals surface area contributed by atoms with E-state index in [-0.39, 0.29) is 10.3 Å². The van der Waals surface area contributed by atoms with Crippen LogP contribution in [0.5, 0.6) is 0 Å². The van der Waals surface area contributed by atoms with Gasteiger partial charge in [-0.3, -0.25) is 5.10 Å². The van der Waals surface area contributed by atoms with E-state index in [0.717, 1.165) is 71.7 Å². The fraction of sp³-hybridized carbons (Fsp3) is 0.375. The molecule has 2 N–H and O–H groups in total. The molecule has 6 rings (SSSR count). The molecule has 3 aromatic heterocycles. The first kappa shape index (κ1) is 21.4. The Balaban J connectivity index is 1.10. The lowest BCUT2D eigenvalue weighted by Crippen LogP contribution is -2.56. The van der Waals surface area contributed by atoms with E-state index < -0.39 is 12.6 Å². The fourth-order valence-corrected chi connectivity index (χ4v) is 6.38. The SMILES string of the molecule is FC(F)(F)Cc1cc2c(N3CC4(CCC(Nc5ccc(-c6cn[nH]c6)cc5)C4)C3)ncnc2s1. The lowest BCUT2D eigenvalue weighted by Gasteiger charge is -2.49. The van der Waals surface area contributed by atoms with Crippen LogP contribution < -0.4 is 10.2 Å². The van der Waals surface area contributed by atoms with Crippen LogP contribution in [0.4, 0.5) is 24.7 Å². The van der Waals surface area contributed by atoms with Crippen molar-refractivity contribution in [2.75, 3.05) is 23.3 Å². The van der Waals surface area contributed by atoms with Crippen molar-refractivity contribution in [2.24, 2.45) is 5.41 Å². The van der Waals surface area contributed by atoms with Gasteiger partial charge in [0.15, 0.2) is 0 Å². The molecule has 10 heteroatoms. The van der Waals surface area contributed by atoms with E-state index in [0.29, 0.717) is 10.9 Å². The average Bonchev–Trinajstić information content (AvgIpc) is 3.51. The summed E-state index contributed by atoms with van der Waals surface area (Å²) < 4.78 is 38.5. The fourth-order valence-electron chi connectivity index (χ4n) is 5.36. The Hall–Kier alpha value is -3.14. The lowest BCUT2D eigenvalue weighted by molar-refractivity contribution is -0.126. The molecule has 1 aliphatic heterocycles. The number of alkyl halides is 3. The summed E-state index contributed by atoms with van der Waals surface area (Å²) in [6.07, 6.45) is 3.31. The second-order valence-corrected chi connectivity index (χ2v) is 10.5. The number of H-pyrrole nitrogens is 1. The number of nitrogens with zero attached hydrogens (tertiary/aromatic N) is 4. The second kappa shape index (κ2) is 7.97. The van der Waals surface area contributed by atoms with Crippen LogP contribution in [0.25, 0.3) is 21.3 Å². The number of hydrogen-bond donors (Lipinski definition) is 2. The van der Waals surface area contributed by atoms with Crippen LogP contribution >= 0.6 is 11.3 Å². The Morgan fingerprint density at radius 2 is 1.97 bits per heavy atom. The molecule has 4 aromatic rings. The third-order valence-corrected chi connectivity index (χ3v) is 7.92. The van der Waals surface area contributed by atoms with Crippen molar-refractivity contribution in [2.45, 2.75) is 37.9 Å². The minimum Gasteiger partial charge on any atom is -0.382 e. The van der Waals surface area contributed by atoms with Gasteiger partial charge < -0.3 is 10.2 Å². The van der Waals surface area contributed by atoms with Crippen LogP contribution in [-0.4, -0.2) is 45.5 Å². The number of hydrogen-bond acceptors (Lipinski definition) is 6. The molecule has 1 atom stereocenters. The largest absolute Gasteiger partial charge is 0.393 e. The summed E-state index contributed by atoms with van der Waals surface area (Å²) in [7, 11) is 0. The van der Waals surface area contributed by atoms with Crippen molar-refractivity contribution in [3.8, 4) is 11.1 Å². The Kier molecular flexibility index (Phi) is 5.02. The lowest BCUT2D eigenvalue weighted by atomic mass is 9.78. The second-order valence-electron chi connectivity index (χ2n) is 9.43. The predicted molar refractivity (Wildman–Crippen MR) is 127 cm³/mol. The van der Waals surface area contributed by atoms with Gasteiger partial charge in [-0.1, -0.05) is 12.1 Å². The predicted octanol–water partition coefficient (Wildman–Crippen LogP) is 5.66. The molecule has 0 amide bonds. The molecule has 2 aliphatic rings. The van der Waals surface area contributed by atoms with Crippen LogP contribution in [0.2, 0.25) is 0 Å². The van der Waals surface area contributed by atoms with Crippen LogP contribution in [-0.2, 0) is 6.42 Å². The van der Waals surface area contributed by atoms with E-state index in [4.69, 9.17) is 0 Å². The van der Waals surface area contributed by atoms with Crippen molar-refractivity contribution in [1.29, 1.82) is 0 Å². The number of benzene rings is 1. The van der Waals surface area contributed by atoms with E-state index in [1.165, 1.54) is 6.33 Å². The number of aromatic nitrogens is 4. The molecule has 1 aliphatic carbocycles. The highest BCUT2D eigenvalue weighted by atomic mass is 32.1. The van der Waals surface area contributed by atoms with Gasteiger partial charge in [-0.2, -0.15) is 18.3 Å². The van der Waals surface area contributed by atoms with Gasteiger partial charge in [-0.15, -0.1) is 11.3 Å². The molecule has 1 spiro atoms. The van der Waals surface area contributed by atoms with E-state index >= 15 is 0 Å². The highest BCUT2D eigenvalue weighted by molar-refractivity contribution is 7.18. The third-order valence-electron chi connectivity index (χ3n) is 6.88. The van der Waals surface area contributed by atoms with Gasteiger partial charge in [0.05, 0.1) is 18.0 Å². The minimum absolute atomic E-state index is 0.233. The average molecular weight is 485 g/mol. The summed E-state index contributed by atoms with van der Waals surface area (Å²) in [6.45, 7) is 1.75. The van der Waals surface area contributed by atoms with Crippen molar-refractivity contribution >= 4 is 33.1 Å². The first-order chi connectivity index (χ1) is 16.4. The zero-order chi connectivity index (χ0) is 23.3. The van der Waals surface area contributed by atoms with Crippen molar-refractivity contribution in [1.82, 2.24) is 20.2 Å². The molecule has 1 saturated carbocycles. The first-order valence-corrected chi connectivity index (χ1v) is 12.1. The monoisotopic (exact) mass is 484 g/mol. The van der Waals surface area contributed by atoms with Crippen LogP contribution in [0.3, 0.4) is 0 Å². The summed E-state index contributed by atoms with van der Waals surface area (Å²) in [5, 5.41) is 11.2. The molecule has 4 heterocycles. The Labute approximate surface area is 198 Å². The van der Waals surface area contributed by atoms with Gasteiger partial charge >= 0.3 is 6.18 Å². The van der Waals surface area contributed by atoms with Crippen molar-refractivity contribution in [3.63, 3.8) is 0 Å². The molecule has 1 unspecified atom stereocenters. The van der Waals surface area contributed by atoms with Gasteiger partial charge in [0, 0.05) is 46.9 Å². The molecule has 0 radical (unpaired) electrons. The zero-order valence-electron chi connectivity index (χ0n) is 18.3. The summed E-state index contributed by atoms with van der Waals surface area (Å²) in [5.41, 5.74) is 3.53. The highest BCUT2D eigenvalue weighted by Crippen LogP contribution is 2.48. The number of fused-ring (bicyclic) bond motifs is 1. The zero-order valence-corrected chi connectivity index (χ0v) is 19.1. The number of anilines is 2. The molecule has 1 aromatic carbocycles. The third kappa shape index (κ3) is 4.11. The van der Waals surface area contributed by atoms with E-state index in [2.05, 4.69) is 54.6 Å². The number of thiophene rings is 1. The maximum absolute atomic E-state index is 12.8. The molecule has 1 saturated heterocycles. The quantitative estimate of drug-likeness (QED) is 0.383. The van der Waals surface area contributed by atoms with Gasteiger partial charge in [0.1, 0.15) is 17.0 Å². The maximum Gasteiger partial charge on any atom is 0.393 e. The summed E-state index contributed by atoms with van der Waals surface area (Å²) >= 11 is 1.10. The standard InChI is InChI=1S/C24H23F3N6S/c25-24(26,27)9-19-7-20-21(28-14-29-22(20)34-19)33-12-23(13-33)6-5-18(8-23)32-17-3-1-15(2-4-17)16-10-30-31-11-16/h1-4,7,10-11,14,18,32H,5-6,8-9,12-13H2,(H,30,31). The van der Waals surface area contributed by atoms with Crippen LogP contribution in [0.1, 0.15) is 24.1 Å². The van der Waals surface area contributed by atoms with Crippen LogP contribution in [0.15, 0.2) is 49.1 Å². The van der Waals surface area contributed by atoms with Gasteiger partial charge in [-0.25, -0.2) is 9.97 Å².